The van der Waals surface area contributed by atoms with Crippen LogP contribution in [-0.4, -0.2) is 41.3 Å². The molecule has 0 aliphatic carbocycles. The van der Waals surface area contributed by atoms with Crippen LogP contribution in [0.25, 0.3) is 0 Å². The number of nitrogens with two attached hydrogens (primary N) is 1. The fourth-order valence-electron chi connectivity index (χ4n) is 3.01. The van der Waals surface area contributed by atoms with E-state index in [1.54, 1.807) is 11.1 Å². The molecule has 0 radical (unpaired) electrons. The van der Waals surface area contributed by atoms with Crippen molar-refractivity contribution in [2.75, 3.05) is 12.3 Å². The molecule has 0 saturated carbocycles. The number of hydrogen-bond acceptors (Lipinski definition) is 4. The van der Waals surface area contributed by atoms with Crippen LogP contribution < -0.4 is 5.14 Å². The van der Waals surface area contributed by atoms with E-state index in [0.717, 1.165) is 11.1 Å². The molecule has 2 heterocycles. The highest BCUT2D eigenvalue weighted by Crippen LogP contribution is 2.21. The number of primary sulfonamides is 1. The minimum Gasteiger partial charge on any atom is -0.338 e. The molecule has 1 aromatic heterocycles. The molecule has 0 spiro atoms. The second-order valence-electron chi connectivity index (χ2n) is 6.21. The number of rotatable bonds is 6. The van der Waals surface area contributed by atoms with Gasteiger partial charge in [0.15, 0.2) is 0 Å². The van der Waals surface area contributed by atoms with Crippen LogP contribution in [0, 0.1) is 5.92 Å². The Morgan fingerprint density at radius 3 is 2.62 bits per heavy atom. The molecule has 1 aromatic carbocycles. The molecular formula is C16H20N4O3S. The summed E-state index contributed by atoms with van der Waals surface area (Å²) in [6.45, 7) is 1.52. The van der Waals surface area contributed by atoms with Gasteiger partial charge in [0.2, 0.25) is 15.9 Å². The first-order valence-electron chi connectivity index (χ1n) is 7.72. The Morgan fingerprint density at radius 1 is 1.17 bits per heavy atom. The van der Waals surface area contributed by atoms with Crippen LogP contribution in [0.15, 0.2) is 42.7 Å². The smallest absolute Gasteiger partial charge is 0.223 e. The third kappa shape index (κ3) is 4.42. The van der Waals surface area contributed by atoms with Crippen molar-refractivity contribution >= 4 is 15.9 Å². The van der Waals surface area contributed by atoms with Gasteiger partial charge >= 0.3 is 0 Å². The highest BCUT2D eigenvalue weighted by Gasteiger charge is 2.31. The first-order valence-corrected chi connectivity index (χ1v) is 9.44. The van der Waals surface area contributed by atoms with Gasteiger partial charge in [-0.15, -0.1) is 0 Å². The van der Waals surface area contributed by atoms with Gasteiger partial charge in [0, 0.05) is 37.2 Å². The first kappa shape index (κ1) is 16.7. The molecule has 1 unspecified atom stereocenters. The Bertz CT molecular complexity index is 817. The lowest BCUT2D eigenvalue weighted by Gasteiger charge is -2.15. The molecule has 3 rings (SSSR count). The van der Waals surface area contributed by atoms with Gasteiger partial charge < -0.3 is 4.90 Å². The van der Waals surface area contributed by atoms with Gasteiger partial charge in [0.05, 0.1) is 18.5 Å². The standard InChI is InChI=1S/C16H20N4O3S/c17-24(22,23)12-14-6-16(21)19(8-14)9-15-7-18-20(11-15)10-13-4-2-1-3-5-13/h1-5,7,11,14H,6,8-10,12H2,(H2,17,22,23). The lowest BCUT2D eigenvalue weighted by molar-refractivity contribution is -0.128. The Balaban J connectivity index is 1.60. The van der Waals surface area contributed by atoms with E-state index >= 15 is 0 Å². The topological polar surface area (TPSA) is 98.3 Å². The zero-order chi connectivity index (χ0) is 17.2. The monoisotopic (exact) mass is 348 g/mol. The maximum Gasteiger partial charge on any atom is 0.223 e. The van der Waals surface area contributed by atoms with Gasteiger partial charge in [-0.3, -0.25) is 9.48 Å². The summed E-state index contributed by atoms with van der Waals surface area (Å²) in [4.78, 5) is 13.7. The summed E-state index contributed by atoms with van der Waals surface area (Å²) < 4.78 is 24.2. The van der Waals surface area contributed by atoms with Crippen LogP contribution in [0.3, 0.4) is 0 Å². The van der Waals surface area contributed by atoms with Crippen LogP contribution in [-0.2, 0) is 27.9 Å². The van der Waals surface area contributed by atoms with Crippen LogP contribution >= 0.6 is 0 Å². The molecule has 1 amide bonds. The quantitative estimate of drug-likeness (QED) is 0.825. The molecule has 128 valence electrons. The summed E-state index contributed by atoms with van der Waals surface area (Å²) in [7, 11) is -3.55. The van der Waals surface area contributed by atoms with Crippen LogP contribution in [0.4, 0.5) is 0 Å². The average Bonchev–Trinajstić information content (AvgIpc) is 3.06. The zero-order valence-electron chi connectivity index (χ0n) is 13.2. The van der Waals surface area contributed by atoms with E-state index in [4.69, 9.17) is 5.14 Å². The third-order valence-electron chi connectivity index (χ3n) is 4.01. The van der Waals surface area contributed by atoms with Crippen molar-refractivity contribution in [2.24, 2.45) is 11.1 Å². The Labute approximate surface area is 141 Å². The van der Waals surface area contributed by atoms with E-state index in [2.05, 4.69) is 5.10 Å². The van der Waals surface area contributed by atoms with Crippen molar-refractivity contribution in [2.45, 2.75) is 19.5 Å². The number of carbonyl (C=O) groups is 1. The van der Waals surface area contributed by atoms with Gasteiger partial charge in [-0.05, 0) is 5.56 Å². The minimum atomic E-state index is -3.55. The highest BCUT2D eigenvalue weighted by molar-refractivity contribution is 7.89. The van der Waals surface area contributed by atoms with E-state index < -0.39 is 10.0 Å². The number of nitrogens with zero attached hydrogens (tertiary/aromatic N) is 3. The Hall–Kier alpha value is -2.19. The molecule has 1 atom stereocenters. The molecule has 7 nitrogen and oxygen atoms in total. The number of hydrogen-bond donors (Lipinski definition) is 1. The number of benzene rings is 1. The van der Waals surface area contributed by atoms with Crippen molar-refractivity contribution < 1.29 is 13.2 Å². The van der Waals surface area contributed by atoms with E-state index in [1.807, 2.05) is 41.2 Å². The highest BCUT2D eigenvalue weighted by atomic mass is 32.2. The first-order chi connectivity index (χ1) is 11.4. The summed E-state index contributed by atoms with van der Waals surface area (Å²) in [5, 5.41) is 9.38. The maximum atomic E-state index is 12.0. The number of sulfonamides is 1. The summed E-state index contributed by atoms with van der Waals surface area (Å²) in [5.41, 5.74) is 2.08. The van der Waals surface area contributed by atoms with Crippen LogP contribution in [0.5, 0.6) is 0 Å². The van der Waals surface area contributed by atoms with Gasteiger partial charge in [0.1, 0.15) is 0 Å². The van der Waals surface area contributed by atoms with E-state index in [-0.39, 0.29) is 24.0 Å². The number of aromatic nitrogens is 2. The largest absolute Gasteiger partial charge is 0.338 e. The fourth-order valence-corrected chi connectivity index (χ4v) is 3.89. The summed E-state index contributed by atoms with van der Waals surface area (Å²) in [6, 6.07) is 9.99. The van der Waals surface area contributed by atoms with Crippen molar-refractivity contribution in [3.63, 3.8) is 0 Å². The van der Waals surface area contributed by atoms with Gasteiger partial charge in [-0.25, -0.2) is 13.6 Å². The van der Waals surface area contributed by atoms with Crippen molar-refractivity contribution in [1.82, 2.24) is 14.7 Å². The van der Waals surface area contributed by atoms with Crippen molar-refractivity contribution in [1.29, 1.82) is 0 Å². The van der Waals surface area contributed by atoms with Crippen molar-refractivity contribution in [3.8, 4) is 0 Å². The van der Waals surface area contributed by atoms with Crippen molar-refractivity contribution in [3.05, 3.63) is 53.9 Å². The second-order valence-corrected chi connectivity index (χ2v) is 7.86. The van der Waals surface area contributed by atoms with E-state index in [0.29, 0.717) is 19.6 Å². The number of likely N-dealkylation sites (tertiary alicyclic amines) is 1. The third-order valence-corrected chi connectivity index (χ3v) is 4.95. The predicted molar refractivity (Wildman–Crippen MR) is 89.3 cm³/mol. The zero-order valence-corrected chi connectivity index (χ0v) is 14.0. The Morgan fingerprint density at radius 2 is 1.92 bits per heavy atom. The Kier molecular flexibility index (Phi) is 4.68. The SMILES string of the molecule is NS(=O)(=O)CC1CC(=O)N(Cc2cnn(Cc3ccccc3)c2)C1. The minimum absolute atomic E-state index is 0.0422. The van der Waals surface area contributed by atoms with Gasteiger partial charge in [0.25, 0.3) is 0 Å². The predicted octanol–water partition coefficient (Wildman–Crippen LogP) is 0.568. The summed E-state index contributed by atoms with van der Waals surface area (Å²) in [6.07, 6.45) is 3.88. The molecule has 1 aliphatic heterocycles. The fraction of sp³-hybridized carbons (Fsp3) is 0.375. The lowest BCUT2D eigenvalue weighted by atomic mass is 10.1. The second kappa shape index (κ2) is 6.74. The maximum absolute atomic E-state index is 12.0. The number of amides is 1. The summed E-state index contributed by atoms with van der Waals surface area (Å²) in [5.74, 6) is -0.422. The van der Waals surface area contributed by atoms with Gasteiger partial charge in [-0.2, -0.15) is 5.10 Å². The molecular weight excluding hydrogens is 328 g/mol. The molecule has 1 saturated heterocycles. The van der Waals surface area contributed by atoms with E-state index in [9.17, 15) is 13.2 Å². The van der Waals surface area contributed by atoms with E-state index in [1.165, 1.54) is 0 Å². The van der Waals surface area contributed by atoms with Crippen LogP contribution in [0.2, 0.25) is 0 Å². The summed E-state index contributed by atoms with van der Waals surface area (Å²) >= 11 is 0. The molecule has 2 aromatic rings. The average molecular weight is 348 g/mol. The van der Waals surface area contributed by atoms with Crippen LogP contribution in [0.1, 0.15) is 17.5 Å². The lowest BCUT2D eigenvalue weighted by Crippen LogP contribution is -2.27. The van der Waals surface area contributed by atoms with Gasteiger partial charge in [-0.1, -0.05) is 30.3 Å². The number of carbonyl (C=O) groups excluding carboxylic acids is 1. The normalized spacial score (nSPS) is 18.3. The molecule has 0 bridgehead atoms. The molecule has 1 aliphatic rings. The molecule has 2 N–H and O–H groups in total. The molecule has 1 fully saturated rings. The molecule has 8 heteroatoms. The molecule has 24 heavy (non-hydrogen) atoms.